The molecule has 1 N–H and O–H groups in total. The van der Waals surface area contributed by atoms with Crippen LogP contribution in [-0.4, -0.2) is 58.3 Å². The van der Waals surface area contributed by atoms with Crippen LogP contribution in [0.4, 0.5) is 4.39 Å². The van der Waals surface area contributed by atoms with Crippen molar-refractivity contribution in [3.05, 3.63) is 59.9 Å². The van der Waals surface area contributed by atoms with Gasteiger partial charge in [-0.2, -0.15) is 0 Å². The molecule has 1 aliphatic heterocycles. The summed E-state index contributed by atoms with van der Waals surface area (Å²) in [7, 11) is -1.89. The van der Waals surface area contributed by atoms with E-state index in [1.165, 1.54) is 19.2 Å². The zero-order valence-corrected chi connectivity index (χ0v) is 18.5. The van der Waals surface area contributed by atoms with Crippen LogP contribution in [0.25, 0.3) is 0 Å². The Labute approximate surface area is 183 Å². The Bertz CT molecular complexity index is 989. The van der Waals surface area contributed by atoms with Crippen molar-refractivity contribution in [2.45, 2.75) is 24.2 Å². The molecule has 168 valence electrons. The summed E-state index contributed by atoms with van der Waals surface area (Å²) in [5.74, 6) is 0.184. The fraction of sp³-hybridized carbons (Fsp3) is 0.435. The number of carbonyl (C=O) groups is 1. The number of benzene rings is 2. The maximum absolute atomic E-state index is 13.6. The van der Waals surface area contributed by atoms with Crippen molar-refractivity contribution in [1.82, 2.24) is 10.2 Å². The number of hydrogen-bond acceptors (Lipinski definition) is 5. The van der Waals surface area contributed by atoms with E-state index >= 15 is 0 Å². The fourth-order valence-corrected chi connectivity index (χ4v) is 5.06. The third kappa shape index (κ3) is 6.51. The Morgan fingerprint density at radius 3 is 2.61 bits per heavy atom. The van der Waals surface area contributed by atoms with E-state index < -0.39 is 9.84 Å². The van der Waals surface area contributed by atoms with Crippen LogP contribution in [0.5, 0.6) is 5.75 Å². The zero-order valence-electron chi connectivity index (χ0n) is 17.7. The average Bonchev–Trinajstić information content (AvgIpc) is 2.79. The number of sulfone groups is 1. The monoisotopic (exact) mass is 448 g/mol. The van der Waals surface area contributed by atoms with Gasteiger partial charge in [-0.3, -0.25) is 4.79 Å². The molecule has 0 aliphatic carbocycles. The van der Waals surface area contributed by atoms with Crippen molar-refractivity contribution in [3.8, 4) is 5.75 Å². The summed E-state index contributed by atoms with van der Waals surface area (Å²) in [5, 5.41) is 2.90. The van der Waals surface area contributed by atoms with Gasteiger partial charge >= 0.3 is 0 Å². The van der Waals surface area contributed by atoms with Crippen molar-refractivity contribution >= 4 is 15.7 Å². The van der Waals surface area contributed by atoms with Crippen LogP contribution in [0.3, 0.4) is 0 Å². The second kappa shape index (κ2) is 10.7. The number of carbonyl (C=O) groups excluding carboxylic acids is 1. The highest BCUT2D eigenvalue weighted by Gasteiger charge is 2.26. The third-order valence-corrected chi connectivity index (χ3v) is 7.38. The van der Waals surface area contributed by atoms with E-state index in [1.807, 2.05) is 0 Å². The first kappa shape index (κ1) is 23.2. The van der Waals surface area contributed by atoms with Crippen molar-refractivity contribution < 1.29 is 22.3 Å². The lowest BCUT2D eigenvalue weighted by atomic mass is 9.96. The second-order valence-corrected chi connectivity index (χ2v) is 9.86. The number of hydrogen-bond donors (Lipinski definition) is 1. The van der Waals surface area contributed by atoms with E-state index in [2.05, 4.69) is 10.2 Å². The van der Waals surface area contributed by atoms with Gasteiger partial charge in [0.2, 0.25) is 5.91 Å². The number of methoxy groups -OCH3 is 1. The number of piperidine rings is 1. The molecule has 0 radical (unpaired) electrons. The Morgan fingerprint density at radius 2 is 1.90 bits per heavy atom. The number of likely N-dealkylation sites (tertiary alicyclic amines) is 1. The van der Waals surface area contributed by atoms with Crippen LogP contribution in [0.1, 0.15) is 18.4 Å². The van der Waals surface area contributed by atoms with Gasteiger partial charge in [-0.25, -0.2) is 12.8 Å². The maximum Gasteiger partial charge on any atom is 0.223 e. The van der Waals surface area contributed by atoms with Crippen LogP contribution < -0.4 is 10.1 Å². The van der Waals surface area contributed by atoms with Gasteiger partial charge in [0.05, 0.1) is 17.8 Å². The SMILES string of the molecule is COc1cccc(S(=O)(=O)CCN2CCC(C(=O)NCCc3ccccc3F)CC2)c1. The van der Waals surface area contributed by atoms with Crippen molar-refractivity contribution in [2.24, 2.45) is 5.92 Å². The molecule has 0 unspecified atom stereocenters. The lowest BCUT2D eigenvalue weighted by Gasteiger charge is -2.31. The Morgan fingerprint density at radius 1 is 1.16 bits per heavy atom. The van der Waals surface area contributed by atoms with E-state index in [9.17, 15) is 17.6 Å². The van der Waals surface area contributed by atoms with Crippen LogP contribution in [0, 0.1) is 11.7 Å². The summed E-state index contributed by atoms with van der Waals surface area (Å²) >= 11 is 0. The molecule has 6 nitrogen and oxygen atoms in total. The van der Waals surface area contributed by atoms with Gasteiger partial charge in [-0.05, 0) is 62.2 Å². The van der Waals surface area contributed by atoms with Crippen LogP contribution in [0.2, 0.25) is 0 Å². The van der Waals surface area contributed by atoms with Gasteiger partial charge in [0, 0.05) is 19.0 Å². The summed E-state index contributed by atoms with van der Waals surface area (Å²) in [4.78, 5) is 14.8. The largest absolute Gasteiger partial charge is 0.497 e. The highest BCUT2D eigenvalue weighted by molar-refractivity contribution is 7.91. The normalized spacial score (nSPS) is 15.5. The first-order chi connectivity index (χ1) is 14.9. The third-order valence-electron chi connectivity index (χ3n) is 5.69. The number of halogens is 1. The van der Waals surface area contributed by atoms with Crippen LogP contribution in [0.15, 0.2) is 53.4 Å². The van der Waals surface area contributed by atoms with Gasteiger partial charge in [0.15, 0.2) is 9.84 Å². The molecular formula is C23H29FN2O4S. The van der Waals surface area contributed by atoms with E-state index in [0.717, 1.165) is 0 Å². The molecule has 1 amide bonds. The highest BCUT2D eigenvalue weighted by atomic mass is 32.2. The summed E-state index contributed by atoms with van der Waals surface area (Å²) in [6.07, 6.45) is 1.83. The second-order valence-electron chi connectivity index (χ2n) is 7.75. The molecule has 1 fully saturated rings. The standard InChI is InChI=1S/C23H29FN2O4S/c1-30-20-6-4-7-21(17-20)31(28,29)16-15-26-13-10-19(11-14-26)23(27)25-12-9-18-5-2-3-8-22(18)24/h2-8,17,19H,9-16H2,1H3,(H,25,27). The molecule has 1 heterocycles. The molecule has 0 saturated carbocycles. The summed E-state index contributed by atoms with van der Waals surface area (Å²) in [6.45, 7) is 2.19. The Hall–Kier alpha value is -2.45. The summed E-state index contributed by atoms with van der Waals surface area (Å²) in [5.41, 5.74) is 0.592. The number of nitrogens with zero attached hydrogens (tertiary/aromatic N) is 1. The molecule has 0 bridgehead atoms. The molecule has 2 aromatic rings. The molecule has 1 saturated heterocycles. The topological polar surface area (TPSA) is 75.7 Å². The predicted molar refractivity (Wildman–Crippen MR) is 117 cm³/mol. The molecule has 8 heteroatoms. The summed E-state index contributed by atoms with van der Waals surface area (Å²) < 4.78 is 44.0. The van der Waals surface area contributed by atoms with E-state index in [4.69, 9.17) is 4.74 Å². The average molecular weight is 449 g/mol. The lowest BCUT2D eigenvalue weighted by Crippen LogP contribution is -2.42. The zero-order chi connectivity index (χ0) is 22.3. The fourth-order valence-electron chi connectivity index (χ4n) is 3.75. The first-order valence-electron chi connectivity index (χ1n) is 10.5. The highest BCUT2D eigenvalue weighted by Crippen LogP contribution is 2.20. The van der Waals surface area contributed by atoms with Gasteiger partial charge in [-0.1, -0.05) is 24.3 Å². The minimum absolute atomic E-state index is 0.0139. The minimum atomic E-state index is -3.40. The quantitative estimate of drug-likeness (QED) is 0.638. The molecule has 0 aromatic heterocycles. The number of rotatable bonds is 9. The van der Waals surface area contributed by atoms with Gasteiger partial charge in [-0.15, -0.1) is 0 Å². The predicted octanol–water partition coefficient (Wildman–Crippen LogP) is 2.68. The molecule has 0 atom stereocenters. The molecule has 3 rings (SSSR count). The number of ether oxygens (including phenoxy) is 1. The van der Waals surface area contributed by atoms with E-state index in [-0.39, 0.29) is 28.3 Å². The van der Waals surface area contributed by atoms with Gasteiger partial charge in [0.25, 0.3) is 0 Å². The Kier molecular flexibility index (Phi) is 8.03. The van der Waals surface area contributed by atoms with Gasteiger partial charge < -0.3 is 15.0 Å². The molecule has 0 spiro atoms. The van der Waals surface area contributed by atoms with E-state index in [1.54, 1.807) is 36.4 Å². The van der Waals surface area contributed by atoms with Crippen molar-refractivity contribution in [1.29, 1.82) is 0 Å². The first-order valence-corrected chi connectivity index (χ1v) is 12.1. The molecule has 31 heavy (non-hydrogen) atoms. The molecule has 1 aliphatic rings. The molecular weight excluding hydrogens is 419 g/mol. The summed E-state index contributed by atoms with van der Waals surface area (Å²) in [6, 6.07) is 13.1. The molecule has 2 aromatic carbocycles. The van der Waals surface area contributed by atoms with Crippen molar-refractivity contribution in [2.75, 3.05) is 39.0 Å². The Balaban J connectivity index is 1.41. The van der Waals surface area contributed by atoms with E-state index in [0.29, 0.717) is 56.8 Å². The number of nitrogens with one attached hydrogen (secondary N) is 1. The minimum Gasteiger partial charge on any atom is -0.497 e. The smallest absolute Gasteiger partial charge is 0.223 e. The van der Waals surface area contributed by atoms with Crippen LogP contribution >= 0.6 is 0 Å². The van der Waals surface area contributed by atoms with Gasteiger partial charge in [0.1, 0.15) is 11.6 Å². The maximum atomic E-state index is 13.6. The van der Waals surface area contributed by atoms with Crippen molar-refractivity contribution in [3.63, 3.8) is 0 Å². The number of amides is 1. The van der Waals surface area contributed by atoms with Crippen LogP contribution in [-0.2, 0) is 21.1 Å². The lowest BCUT2D eigenvalue weighted by molar-refractivity contribution is -0.126.